The Balaban J connectivity index is 1.58. The summed E-state index contributed by atoms with van der Waals surface area (Å²) in [7, 11) is 1.57. The van der Waals surface area contributed by atoms with Gasteiger partial charge in [0.1, 0.15) is 40.9 Å². The van der Waals surface area contributed by atoms with Crippen LogP contribution < -0.4 is 16.6 Å². The van der Waals surface area contributed by atoms with Gasteiger partial charge in [-0.15, -0.1) is 0 Å². The van der Waals surface area contributed by atoms with E-state index in [1.54, 1.807) is 52.7 Å². The molecule has 1 atom stereocenters. The zero-order valence-electron chi connectivity index (χ0n) is 20.8. The second kappa shape index (κ2) is 9.02. The molecule has 1 amide bonds. The van der Waals surface area contributed by atoms with E-state index in [2.05, 4.69) is 15.3 Å². The highest BCUT2D eigenvalue weighted by atomic mass is 19.1. The fraction of sp³-hybridized carbons (Fsp3) is 0.259. The first-order valence-corrected chi connectivity index (χ1v) is 12.4. The van der Waals surface area contributed by atoms with Gasteiger partial charge in [-0.25, -0.2) is 24.0 Å². The van der Waals surface area contributed by atoms with Gasteiger partial charge < -0.3 is 11.1 Å². The van der Waals surface area contributed by atoms with Crippen molar-refractivity contribution in [1.82, 2.24) is 34.6 Å². The predicted molar refractivity (Wildman–Crippen MR) is 141 cm³/mol. The van der Waals surface area contributed by atoms with Gasteiger partial charge in [0, 0.05) is 24.2 Å². The smallest absolute Gasteiger partial charge is 0.264 e. The van der Waals surface area contributed by atoms with Gasteiger partial charge in [0.15, 0.2) is 5.65 Å². The molecule has 3 N–H and O–H groups in total. The number of carbonyl (C=O) groups is 1. The van der Waals surface area contributed by atoms with Crippen molar-refractivity contribution < 1.29 is 9.18 Å². The van der Waals surface area contributed by atoms with E-state index >= 15 is 0 Å². The number of nitrogens with two attached hydrogens (primary N) is 1. The van der Waals surface area contributed by atoms with Crippen molar-refractivity contribution >= 4 is 33.7 Å². The number of nitrogen functional groups attached to an aromatic ring is 1. The largest absolute Gasteiger partial charge is 0.383 e. The number of nitrogens with zero attached hydrogens (tertiary/aromatic N) is 6. The van der Waals surface area contributed by atoms with E-state index in [1.165, 1.54) is 12.4 Å². The number of hydrogen-bond donors (Lipinski definition) is 2. The molecule has 0 radical (unpaired) electrons. The maximum atomic E-state index is 14.7. The van der Waals surface area contributed by atoms with Crippen LogP contribution >= 0.6 is 0 Å². The van der Waals surface area contributed by atoms with Crippen LogP contribution in [0.1, 0.15) is 54.5 Å². The van der Waals surface area contributed by atoms with Crippen molar-refractivity contribution in [2.45, 2.75) is 38.3 Å². The molecule has 3 heterocycles. The number of rotatable bonds is 6. The Morgan fingerprint density at radius 2 is 1.92 bits per heavy atom. The number of hydrogen-bond acceptors (Lipinski definition) is 7. The van der Waals surface area contributed by atoms with Crippen LogP contribution in [0, 0.1) is 5.82 Å². The van der Waals surface area contributed by atoms with Crippen molar-refractivity contribution in [3.05, 3.63) is 76.4 Å². The van der Waals surface area contributed by atoms with Crippen molar-refractivity contribution in [1.29, 1.82) is 0 Å². The third kappa shape index (κ3) is 3.69. The van der Waals surface area contributed by atoms with Crippen molar-refractivity contribution in [3.63, 3.8) is 0 Å². The average molecular weight is 513 g/mol. The number of aromatic nitrogens is 6. The molecule has 6 rings (SSSR count). The van der Waals surface area contributed by atoms with E-state index in [1.807, 2.05) is 6.92 Å². The lowest BCUT2D eigenvalue weighted by Gasteiger charge is -2.21. The molecule has 5 aromatic rings. The summed E-state index contributed by atoms with van der Waals surface area (Å²) in [6.45, 7) is 1.97. The van der Waals surface area contributed by atoms with Crippen LogP contribution in [0.3, 0.4) is 0 Å². The molecule has 10 nitrogen and oxygen atoms in total. The van der Waals surface area contributed by atoms with Crippen LogP contribution in [0.4, 0.5) is 10.2 Å². The Morgan fingerprint density at radius 3 is 2.61 bits per heavy atom. The summed E-state index contributed by atoms with van der Waals surface area (Å²) in [6, 6.07) is 11.0. The van der Waals surface area contributed by atoms with E-state index in [4.69, 9.17) is 15.8 Å². The van der Waals surface area contributed by atoms with E-state index in [9.17, 15) is 14.0 Å². The van der Waals surface area contributed by atoms with Crippen molar-refractivity contribution in [2.75, 3.05) is 12.8 Å². The lowest BCUT2D eigenvalue weighted by Crippen LogP contribution is -2.29. The molecule has 1 saturated carbocycles. The summed E-state index contributed by atoms with van der Waals surface area (Å²) >= 11 is 0. The molecule has 1 unspecified atom stereocenters. The van der Waals surface area contributed by atoms with Crippen molar-refractivity contribution in [2.24, 2.45) is 0 Å². The van der Waals surface area contributed by atoms with Crippen LogP contribution in [-0.2, 0) is 0 Å². The van der Waals surface area contributed by atoms with Gasteiger partial charge in [0.05, 0.1) is 10.9 Å². The Hall–Kier alpha value is -4.67. The minimum absolute atomic E-state index is 0.00760. The van der Waals surface area contributed by atoms with Gasteiger partial charge in [-0.3, -0.25) is 14.2 Å². The van der Waals surface area contributed by atoms with Gasteiger partial charge in [0.2, 0.25) is 0 Å². The molecule has 3 aromatic heterocycles. The molecular formula is C27H25FN8O2. The maximum Gasteiger partial charge on any atom is 0.264 e. The fourth-order valence-corrected chi connectivity index (χ4v) is 4.94. The quantitative estimate of drug-likeness (QED) is 0.355. The molecule has 1 fully saturated rings. The normalized spacial score (nSPS) is 14.2. The van der Waals surface area contributed by atoms with Gasteiger partial charge in [-0.1, -0.05) is 25.1 Å². The number of fused-ring (bicyclic) bond motifs is 2. The summed E-state index contributed by atoms with van der Waals surface area (Å²) in [5.74, 6) is -0.0185. The molecule has 1 aliphatic rings. The Kier molecular flexibility index (Phi) is 5.63. The molecule has 1 aliphatic carbocycles. The molecule has 0 saturated heterocycles. The van der Waals surface area contributed by atoms with Gasteiger partial charge in [-0.2, -0.15) is 5.10 Å². The third-order valence-electron chi connectivity index (χ3n) is 6.96. The fourth-order valence-electron chi connectivity index (χ4n) is 4.94. The minimum Gasteiger partial charge on any atom is -0.383 e. The molecule has 2 aromatic carbocycles. The zero-order chi connectivity index (χ0) is 26.6. The van der Waals surface area contributed by atoms with Crippen LogP contribution in [0.5, 0.6) is 0 Å². The number of benzene rings is 2. The first-order chi connectivity index (χ1) is 18.4. The topological polar surface area (TPSA) is 134 Å². The van der Waals surface area contributed by atoms with Crippen LogP contribution in [-0.4, -0.2) is 42.3 Å². The summed E-state index contributed by atoms with van der Waals surface area (Å²) in [4.78, 5) is 39.0. The highest BCUT2D eigenvalue weighted by molar-refractivity contribution is 5.99. The van der Waals surface area contributed by atoms with Crippen molar-refractivity contribution in [3.8, 4) is 11.3 Å². The number of anilines is 1. The minimum atomic E-state index is -0.582. The molecular weight excluding hydrogens is 487 g/mol. The van der Waals surface area contributed by atoms with E-state index < -0.39 is 11.9 Å². The molecule has 0 spiro atoms. The highest BCUT2D eigenvalue weighted by Gasteiger charge is 2.33. The molecule has 0 bridgehead atoms. The second-order valence-corrected chi connectivity index (χ2v) is 9.34. The number of amides is 1. The monoisotopic (exact) mass is 512 g/mol. The second-order valence-electron chi connectivity index (χ2n) is 9.34. The molecule has 0 aliphatic heterocycles. The van der Waals surface area contributed by atoms with Gasteiger partial charge in [0.25, 0.3) is 11.5 Å². The van der Waals surface area contributed by atoms with Crippen LogP contribution in [0.25, 0.3) is 33.2 Å². The molecule has 192 valence electrons. The predicted octanol–water partition coefficient (Wildman–Crippen LogP) is 3.62. The summed E-state index contributed by atoms with van der Waals surface area (Å²) < 4.78 is 18.0. The highest BCUT2D eigenvalue weighted by Crippen LogP contribution is 2.39. The number of nitrogens with one attached hydrogen (secondary N) is 1. The SMILES string of the molecule is CCC(c1nc2cccc(F)c2c(=O)n1C1CC1)n1nc(-c2ccc(C(=O)NC)cc2)c2c(N)ncnc21. The average Bonchev–Trinajstić information content (AvgIpc) is 3.69. The lowest BCUT2D eigenvalue weighted by atomic mass is 10.1. The Bertz CT molecular complexity index is 1770. The first-order valence-electron chi connectivity index (χ1n) is 12.4. The molecule has 38 heavy (non-hydrogen) atoms. The molecule has 11 heteroatoms. The van der Waals surface area contributed by atoms with Gasteiger partial charge >= 0.3 is 0 Å². The lowest BCUT2D eigenvalue weighted by molar-refractivity contribution is 0.0963. The summed E-state index contributed by atoms with van der Waals surface area (Å²) in [5, 5.41) is 8.08. The standard InChI is InChI=1S/C27H25FN8O2/c1-3-19(24-33-18-6-4-5-17(28)20(18)27(38)35(24)16-11-12-16)36-25-21(23(29)31-13-32-25)22(34-36)14-7-9-15(10-8-14)26(37)30-2/h4-10,13,16,19H,3,11-12H2,1-2H3,(H,30,37)(H2,29,31,32). The third-order valence-corrected chi connectivity index (χ3v) is 6.96. The number of carbonyl (C=O) groups excluding carboxylic acids is 1. The number of halogens is 1. The van der Waals surface area contributed by atoms with Gasteiger partial charge in [-0.05, 0) is 43.5 Å². The Labute approximate surface area is 216 Å². The summed E-state index contributed by atoms with van der Waals surface area (Å²) in [6.07, 6.45) is 3.56. The Morgan fingerprint density at radius 1 is 1.16 bits per heavy atom. The maximum absolute atomic E-state index is 14.7. The summed E-state index contributed by atoms with van der Waals surface area (Å²) in [5.41, 5.74) is 8.50. The van der Waals surface area contributed by atoms with E-state index in [-0.39, 0.29) is 28.7 Å². The van der Waals surface area contributed by atoms with Crippen LogP contribution in [0.15, 0.2) is 53.6 Å². The van der Waals surface area contributed by atoms with Crippen LogP contribution in [0.2, 0.25) is 0 Å². The van der Waals surface area contributed by atoms with E-state index in [0.717, 1.165) is 18.4 Å². The zero-order valence-corrected chi connectivity index (χ0v) is 20.8. The first kappa shape index (κ1) is 23.7. The van der Waals surface area contributed by atoms with E-state index in [0.29, 0.717) is 40.1 Å².